The van der Waals surface area contributed by atoms with E-state index in [4.69, 9.17) is 10.00 Å². The first kappa shape index (κ1) is 16.4. The van der Waals surface area contributed by atoms with Gasteiger partial charge in [0.05, 0.1) is 5.56 Å². The maximum absolute atomic E-state index is 11.8. The molecular weight excluding hydrogens is 292 g/mol. The lowest BCUT2D eigenvalue weighted by atomic mass is 10.0. The van der Waals surface area contributed by atoms with Crippen molar-refractivity contribution >= 4 is 11.8 Å². The van der Waals surface area contributed by atoms with E-state index in [0.29, 0.717) is 5.69 Å². The van der Waals surface area contributed by atoms with Gasteiger partial charge in [-0.05, 0) is 56.2 Å². The Morgan fingerprint density at radius 1 is 1.17 bits per heavy atom. The molecule has 0 heterocycles. The second-order valence-electron chi connectivity index (χ2n) is 6.05. The van der Waals surface area contributed by atoms with Crippen LogP contribution in [0.4, 0.5) is 10.5 Å². The molecule has 23 heavy (non-hydrogen) atoms. The molecule has 1 amide bonds. The summed E-state index contributed by atoms with van der Waals surface area (Å²) in [4.78, 5) is 11.8. The number of carbonyl (C=O) groups excluding carboxylic acids is 1. The predicted octanol–water partition coefficient (Wildman–Crippen LogP) is 4.28. The fourth-order valence-corrected chi connectivity index (χ4v) is 2.00. The number of ether oxygens (including phenoxy) is 1. The Morgan fingerprint density at radius 2 is 1.87 bits per heavy atom. The third-order valence-electron chi connectivity index (χ3n) is 2.96. The van der Waals surface area contributed by atoms with Crippen LogP contribution in [0.1, 0.15) is 26.3 Å². The molecular formula is C18H18N2O3. The number of carbonyl (C=O) groups is 1. The van der Waals surface area contributed by atoms with E-state index in [2.05, 4.69) is 5.32 Å². The predicted molar refractivity (Wildman–Crippen MR) is 88.1 cm³/mol. The SMILES string of the molecule is CC(C)(C)OC(=O)Nc1cccc(-c2ccc(O)c(C#N)c2)c1. The molecule has 0 radical (unpaired) electrons. The summed E-state index contributed by atoms with van der Waals surface area (Å²) in [5.41, 5.74) is 1.80. The van der Waals surface area contributed by atoms with Crippen molar-refractivity contribution in [3.8, 4) is 22.9 Å². The number of hydrogen-bond donors (Lipinski definition) is 2. The Balaban J connectivity index is 2.24. The minimum Gasteiger partial charge on any atom is -0.507 e. The van der Waals surface area contributed by atoms with Crippen molar-refractivity contribution in [3.05, 3.63) is 48.0 Å². The van der Waals surface area contributed by atoms with Gasteiger partial charge in [0.1, 0.15) is 17.4 Å². The summed E-state index contributed by atoms with van der Waals surface area (Å²) in [7, 11) is 0. The zero-order valence-corrected chi connectivity index (χ0v) is 13.3. The molecule has 5 nitrogen and oxygen atoms in total. The summed E-state index contributed by atoms with van der Waals surface area (Å²) in [5.74, 6) is -0.0562. The van der Waals surface area contributed by atoms with Gasteiger partial charge >= 0.3 is 6.09 Å². The van der Waals surface area contributed by atoms with Gasteiger partial charge in [0.15, 0.2) is 0 Å². The number of hydrogen-bond acceptors (Lipinski definition) is 4. The van der Waals surface area contributed by atoms with Gasteiger partial charge < -0.3 is 9.84 Å². The number of anilines is 1. The highest BCUT2D eigenvalue weighted by atomic mass is 16.6. The monoisotopic (exact) mass is 310 g/mol. The maximum atomic E-state index is 11.8. The van der Waals surface area contributed by atoms with Crippen molar-refractivity contribution in [2.75, 3.05) is 5.32 Å². The zero-order chi connectivity index (χ0) is 17.0. The highest BCUT2D eigenvalue weighted by Gasteiger charge is 2.16. The van der Waals surface area contributed by atoms with Crippen molar-refractivity contribution in [1.29, 1.82) is 5.26 Å². The first-order valence-electron chi connectivity index (χ1n) is 7.12. The van der Waals surface area contributed by atoms with E-state index >= 15 is 0 Å². The summed E-state index contributed by atoms with van der Waals surface area (Å²) in [6, 6.07) is 13.9. The quantitative estimate of drug-likeness (QED) is 0.867. The van der Waals surface area contributed by atoms with Gasteiger partial charge in [0.25, 0.3) is 0 Å². The lowest BCUT2D eigenvalue weighted by Gasteiger charge is -2.19. The van der Waals surface area contributed by atoms with Crippen LogP contribution in [0, 0.1) is 11.3 Å². The van der Waals surface area contributed by atoms with Crippen LogP contribution in [0.2, 0.25) is 0 Å². The minimum absolute atomic E-state index is 0.0562. The van der Waals surface area contributed by atoms with E-state index in [0.717, 1.165) is 11.1 Å². The lowest BCUT2D eigenvalue weighted by molar-refractivity contribution is 0.0636. The van der Waals surface area contributed by atoms with Crippen LogP contribution in [-0.2, 0) is 4.74 Å². The lowest BCUT2D eigenvalue weighted by Crippen LogP contribution is -2.27. The molecule has 2 aromatic rings. The van der Waals surface area contributed by atoms with Crippen molar-refractivity contribution in [2.24, 2.45) is 0 Å². The molecule has 0 unspecified atom stereocenters. The standard InChI is InChI=1S/C18H18N2O3/c1-18(2,3)23-17(22)20-15-6-4-5-12(10-15)13-7-8-16(21)14(9-13)11-19/h4-10,21H,1-3H3,(H,20,22). The molecule has 0 fully saturated rings. The van der Waals surface area contributed by atoms with Crippen molar-refractivity contribution in [2.45, 2.75) is 26.4 Å². The Bertz CT molecular complexity index is 771. The van der Waals surface area contributed by atoms with Crippen LogP contribution >= 0.6 is 0 Å². The maximum Gasteiger partial charge on any atom is 0.412 e. The second kappa shape index (κ2) is 6.41. The summed E-state index contributed by atoms with van der Waals surface area (Å²) < 4.78 is 5.21. The largest absolute Gasteiger partial charge is 0.507 e. The second-order valence-corrected chi connectivity index (χ2v) is 6.05. The zero-order valence-electron chi connectivity index (χ0n) is 13.3. The number of phenolic OH excluding ortho intramolecular Hbond substituents is 1. The number of benzene rings is 2. The van der Waals surface area contributed by atoms with E-state index in [9.17, 15) is 9.90 Å². The molecule has 0 aliphatic rings. The van der Waals surface area contributed by atoms with Gasteiger partial charge in [-0.1, -0.05) is 18.2 Å². The van der Waals surface area contributed by atoms with Crippen LogP contribution < -0.4 is 5.32 Å². The van der Waals surface area contributed by atoms with E-state index < -0.39 is 11.7 Å². The normalized spacial score (nSPS) is 10.7. The fraction of sp³-hybridized carbons (Fsp3) is 0.222. The smallest absolute Gasteiger partial charge is 0.412 e. The highest BCUT2D eigenvalue weighted by molar-refractivity contribution is 5.86. The van der Waals surface area contributed by atoms with Gasteiger partial charge in [-0.15, -0.1) is 0 Å². The number of rotatable bonds is 2. The highest BCUT2D eigenvalue weighted by Crippen LogP contribution is 2.27. The van der Waals surface area contributed by atoms with Crippen LogP contribution in [0.25, 0.3) is 11.1 Å². The first-order valence-corrected chi connectivity index (χ1v) is 7.12. The molecule has 0 saturated heterocycles. The number of nitriles is 1. The van der Waals surface area contributed by atoms with E-state index in [1.807, 2.05) is 12.1 Å². The minimum atomic E-state index is -0.569. The number of nitrogens with zero attached hydrogens (tertiary/aromatic N) is 1. The van der Waals surface area contributed by atoms with Crippen LogP contribution in [0.15, 0.2) is 42.5 Å². The number of phenols is 1. The number of nitrogens with one attached hydrogen (secondary N) is 1. The van der Waals surface area contributed by atoms with Gasteiger partial charge in [0.2, 0.25) is 0 Å². The van der Waals surface area contributed by atoms with Crippen molar-refractivity contribution < 1.29 is 14.6 Å². The van der Waals surface area contributed by atoms with Crippen LogP contribution in [0.3, 0.4) is 0 Å². The topological polar surface area (TPSA) is 82.3 Å². The van der Waals surface area contributed by atoms with Crippen molar-refractivity contribution in [1.82, 2.24) is 0 Å². The average Bonchev–Trinajstić information content (AvgIpc) is 2.46. The molecule has 2 aromatic carbocycles. The van der Waals surface area contributed by atoms with Gasteiger partial charge in [-0.2, -0.15) is 5.26 Å². The number of amides is 1. The molecule has 2 N–H and O–H groups in total. The fourth-order valence-electron chi connectivity index (χ4n) is 2.00. The third-order valence-corrected chi connectivity index (χ3v) is 2.96. The molecule has 2 rings (SSSR count). The molecule has 0 spiro atoms. The molecule has 0 atom stereocenters. The van der Waals surface area contributed by atoms with Gasteiger partial charge in [0, 0.05) is 5.69 Å². The van der Waals surface area contributed by atoms with Gasteiger partial charge in [-0.3, -0.25) is 5.32 Å². The molecule has 118 valence electrons. The van der Waals surface area contributed by atoms with Crippen LogP contribution in [-0.4, -0.2) is 16.8 Å². The van der Waals surface area contributed by atoms with Crippen LogP contribution in [0.5, 0.6) is 5.75 Å². The Kier molecular flexibility index (Phi) is 4.56. The summed E-state index contributed by atoms with van der Waals surface area (Å²) >= 11 is 0. The first-order chi connectivity index (χ1) is 10.8. The summed E-state index contributed by atoms with van der Waals surface area (Å²) in [6.07, 6.45) is -0.530. The molecule has 0 aliphatic heterocycles. The third kappa shape index (κ3) is 4.48. The van der Waals surface area contributed by atoms with Crippen molar-refractivity contribution in [3.63, 3.8) is 0 Å². The van der Waals surface area contributed by atoms with E-state index in [1.54, 1.807) is 51.1 Å². The van der Waals surface area contributed by atoms with E-state index in [1.165, 1.54) is 6.07 Å². The van der Waals surface area contributed by atoms with Gasteiger partial charge in [-0.25, -0.2) is 4.79 Å². The Morgan fingerprint density at radius 3 is 2.52 bits per heavy atom. The summed E-state index contributed by atoms with van der Waals surface area (Å²) in [5, 5.41) is 21.2. The average molecular weight is 310 g/mol. The summed E-state index contributed by atoms with van der Waals surface area (Å²) in [6.45, 7) is 5.38. The Hall–Kier alpha value is -3.00. The molecule has 0 aromatic heterocycles. The molecule has 0 aliphatic carbocycles. The van der Waals surface area contributed by atoms with E-state index in [-0.39, 0.29) is 11.3 Å². The number of aromatic hydroxyl groups is 1. The molecule has 5 heteroatoms. The molecule has 0 saturated carbocycles. The Labute approximate surface area is 135 Å². The molecule has 0 bridgehead atoms.